The molecule has 0 radical (unpaired) electrons. The smallest absolute Gasteiger partial charge is 0.258 e. The summed E-state index contributed by atoms with van der Waals surface area (Å²) in [5.74, 6) is 6.68. The van der Waals surface area contributed by atoms with Crippen LogP contribution in [-0.4, -0.2) is 33.9 Å². The fourth-order valence-corrected chi connectivity index (χ4v) is 3.92. The monoisotopic (exact) mass is 503 g/mol. The van der Waals surface area contributed by atoms with Crippen molar-refractivity contribution in [3.05, 3.63) is 82.4 Å². The number of aromatic hydroxyl groups is 1. The normalized spacial score (nSPS) is 12.9. The number of aliphatic hydroxyl groups is 2. The topological polar surface area (TPSA) is 112 Å². The third-order valence-corrected chi connectivity index (χ3v) is 5.94. The summed E-state index contributed by atoms with van der Waals surface area (Å²) in [5.41, 5.74) is 2.15. The number of phenols is 1. The molecule has 4 aromatic rings. The molecule has 182 valence electrons. The molecular weight excluding hydrogens is 482 g/mol. The van der Waals surface area contributed by atoms with E-state index in [1.807, 2.05) is 6.07 Å². The number of halogens is 1. The molecule has 0 spiro atoms. The molecular formula is C28H22ClNO6. The highest BCUT2D eigenvalue weighted by molar-refractivity contribution is 6.30. The van der Waals surface area contributed by atoms with E-state index in [1.54, 1.807) is 42.5 Å². The molecule has 0 saturated heterocycles. The maximum atomic E-state index is 11.9. The van der Waals surface area contributed by atoms with Gasteiger partial charge in [0.2, 0.25) is 0 Å². The van der Waals surface area contributed by atoms with Crippen LogP contribution < -0.4 is 10.1 Å². The first-order valence-corrected chi connectivity index (χ1v) is 11.7. The van der Waals surface area contributed by atoms with E-state index in [0.29, 0.717) is 44.2 Å². The Hall–Kier alpha value is -3.96. The molecule has 0 unspecified atom stereocenters. The molecule has 0 atom stereocenters. The van der Waals surface area contributed by atoms with Crippen LogP contribution in [0.2, 0.25) is 5.02 Å². The van der Waals surface area contributed by atoms with E-state index in [9.17, 15) is 20.1 Å². The minimum Gasteiger partial charge on any atom is -0.507 e. The molecule has 0 bridgehead atoms. The molecule has 1 aromatic heterocycles. The molecule has 1 heterocycles. The second-order valence-electron chi connectivity index (χ2n) is 8.50. The number of hydrogen-bond acceptors (Lipinski definition) is 6. The van der Waals surface area contributed by atoms with Gasteiger partial charge in [-0.25, -0.2) is 0 Å². The van der Waals surface area contributed by atoms with Gasteiger partial charge >= 0.3 is 0 Å². The van der Waals surface area contributed by atoms with Crippen molar-refractivity contribution in [1.82, 2.24) is 5.32 Å². The number of benzene rings is 3. The highest BCUT2D eigenvalue weighted by Crippen LogP contribution is 2.38. The second kappa shape index (κ2) is 9.96. The van der Waals surface area contributed by atoms with Gasteiger partial charge in [0.15, 0.2) is 18.7 Å². The Morgan fingerprint density at radius 1 is 1.11 bits per heavy atom. The average Bonchev–Trinajstić information content (AvgIpc) is 3.60. The number of nitrogens with one attached hydrogen (secondary N) is 1. The summed E-state index contributed by atoms with van der Waals surface area (Å²) < 4.78 is 11.6. The van der Waals surface area contributed by atoms with Crippen LogP contribution in [0.5, 0.6) is 11.5 Å². The largest absolute Gasteiger partial charge is 0.507 e. The van der Waals surface area contributed by atoms with E-state index in [0.717, 1.165) is 12.8 Å². The lowest BCUT2D eigenvalue weighted by molar-refractivity contribution is -0.123. The zero-order chi connectivity index (χ0) is 25.2. The van der Waals surface area contributed by atoms with E-state index in [1.165, 1.54) is 12.1 Å². The van der Waals surface area contributed by atoms with Gasteiger partial charge in [0.25, 0.3) is 5.91 Å². The van der Waals surface area contributed by atoms with Crippen molar-refractivity contribution in [1.29, 1.82) is 0 Å². The number of aliphatic hydroxyl groups excluding tert-OH is 1. The standard InChI is InChI=1S/C28H22ClNO6/c29-18-3-1-2-16(12-18)4-11-21-22-13-23(28(33)34)24(31)14-25(22)36-27(21)17-5-9-20(10-6-17)35-15-26(32)30-19-7-8-19/h1-3,5-6,9-10,12-14,19,28,31,33-34H,7-8,15H2,(H,30,32). The van der Waals surface area contributed by atoms with Gasteiger partial charge in [0.05, 0.1) is 5.56 Å². The molecule has 1 aliphatic carbocycles. The summed E-state index contributed by atoms with van der Waals surface area (Å²) in [5, 5.41) is 33.5. The highest BCUT2D eigenvalue weighted by atomic mass is 35.5. The number of fused-ring (bicyclic) bond motifs is 1. The molecule has 1 aliphatic rings. The molecule has 36 heavy (non-hydrogen) atoms. The van der Waals surface area contributed by atoms with Gasteiger partial charge in [0, 0.05) is 39.2 Å². The third kappa shape index (κ3) is 5.31. The Morgan fingerprint density at radius 3 is 2.58 bits per heavy atom. The average molecular weight is 504 g/mol. The number of rotatable bonds is 6. The summed E-state index contributed by atoms with van der Waals surface area (Å²) >= 11 is 6.08. The van der Waals surface area contributed by atoms with E-state index in [2.05, 4.69) is 17.2 Å². The van der Waals surface area contributed by atoms with Crippen LogP contribution in [0.3, 0.4) is 0 Å². The Balaban J connectivity index is 1.50. The fourth-order valence-electron chi connectivity index (χ4n) is 3.73. The molecule has 1 fully saturated rings. The van der Waals surface area contributed by atoms with Crippen LogP contribution in [0.25, 0.3) is 22.3 Å². The first-order valence-electron chi connectivity index (χ1n) is 11.3. The minimum absolute atomic E-state index is 0.0612. The zero-order valence-corrected chi connectivity index (χ0v) is 19.7. The summed E-state index contributed by atoms with van der Waals surface area (Å²) in [6, 6.07) is 17.1. The van der Waals surface area contributed by atoms with Gasteiger partial charge < -0.3 is 29.8 Å². The molecule has 0 aliphatic heterocycles. The van der Waals surface area contributed by atoms with Gasteiger partial charge in [-0.1, -0.05) is 29.5 Å². The number of ether oxygens (including phenoxy) is 1. The molecule has 1 amide bonds. The van der Waals surface area contributed by atoms with Crippen LogP contribution in [0.1, 0.15) is 35.8 Å². The fraction of sp³-hybridized carbons (Fsp3) is 0.179. The Bertz CT molecular complexity index is 1490. The summed E-state index contributed by atoms with van der Waals surface area (Å²) in [6.45, 7) is -0.0671. The number of hydrogen-bond donors (Lipinski definition) is 4. The number of carbonyl (C=O) groups is 1. The molecule has 8 heteroatoms. The number of phenolic OH excluding ortho intramolecular Hbond substituents is 1. The van der Waals surface area contributed by atoms with Crippen LogP contribution in [-0.2, 0) is 4.79 Å². The number of furan rings is 1. The third-order valence-electron chi connectivity index (χ3n) is 5.70. The summed E-state index contributed by atoms with van der Waals surface area (Å²) in [6.07, 6.45) is 0.156. The quantitative estimate of drug-likeness (QED) is 0.228. The van der Waals surface area contributed by atoms with E-state index in [-0.39, 0.29) is 29.9 Å². The molecule has 7 nitrogen and oxygen atoms in total. The van der Waals surface area contributed by atoms with Gasteiger partial charge in [-0.2, -0.15) is 0 Å². The minimum atomic E-state index is -1.87. The Kier molecular flexibility index (Phi) is 6.57. The lowest BCUT2D eigenvalue weighted by Gasteiger charge is -2.07. The molecule has 5 rings (SSSR count). The lowest BCUT2D eigenvalue weighted by atomic mass is 10.0. The van der Waals surface area contributed by atoms with Gasteiger partial charge in [-0.3, -0.25) is 4.79 Å². The van der Waals surface area contributed by atoms with Gasteiger partial charge in [0.1, 0.15) is 17.1 Å². The molecule has 4 N–H and O–H groups in total. The maximum absolute atomic E-state index is 11.9. The number of amides is 1. The second-order valence-corrected chi connectivity index (χ2v) is 8.94. The number of carbonyl (C=O) groups excluding carboxylic acids is 1. The van der Waals surface area contributed by atoms with E-state index in [4.69, 9.17) is 20.8 Å². The van der Waals surface area contributed by atoms with E-state index >= 15 is 0 Å². The molecule has 1 saturated carbocycles. The predicted octanol–water partition coefficient (Wildman–Crippen LogP) is 4.50. The maximum Gasteiger partial charge on any atom is 0.258 e. The Labute approximate surface area is 211 Å². The SMILES string of the molecule is O=C(COc1ccc(-c2oc3cc(O)c(C(O)O)cc3c2C#Cc2cccc(Cl)c2)cc1)NC1CC1. The highest BCUT2D eigenvalue weighted by Gasteiger charge is 2.23. The Morgan fingerprint density at radius 2 is 1.89 bits per heavy atom. The van der Waals surface area contributed by atoms with Crippen molar-refractivity contribution in [2.75, 3.05) is 6.61 Å². The predicted molar refractivity (Wildman–Crippen MR) is 135 cm³/mol. The van der Waals surface area contributed by atoms with Crippen molar-refractivity contribution >= 4 is 28.5 Å². The first-order chi connectivity index (χ1) is 17.4. The van der Waals surface area contributed by atoms with Crippen molar-refractivity contribution in [3.63, 3.8) is 0 Å². The lowest BCUT2D eigenvalue weighted by Crippen LogP contribution is -2.30. The van der Waals surface area contributed by atoms with Crippen LogP contribution >= 0.6 is 11.6 Å². The van der Waals surface area contributed by atoms with Gasteiger partial charge in [-0.05, 0) is 61.4 Å². The van der Waals surface area contributed by atoms with Crippen molar-refractivity contribution in [2.45, 2.75) is 25.2 Å². The molecule has 3 aromatic carbocycles. The zero-order valence-electron chi connectivity index (χ0n) is 19.0. The summed E-state index contributed by atoms with van der Waals surface area (Å²) in [7, 11) is 0. The van der Waals surface area contributed by atoms with Crippen molar-refractivity contribution < 1.29 is 29.3 Å². The van der Waals surface area contributed by atoms with Crippen LogP contribution in [0, 0.1) is 11.8 Å². The van der Waals surface area contributed by atoms with E-state index < -0.39 is 6.29 Å². The van der Waals surface area contributed by atoms with Gasteiger partial charge in [-0.15, -0.1) is 0 Å². The van der Waals surface area contributed by atoms with Crippen LogP contribution in [0.4, 0.5) is 0 Å². The van der Waals surface area contributed by atoms with Crippen molar-refractivity contribution in [2.24, 2.45) is 0 Å². The van der Waals surface area contributed by atoms with Crippen molar-refractivity contribution in [3.8, 4) is 34.7 Å². The first kappa shape index (κ1) is 23.8. The summed E-state index contributed by atoms with van der Waals surface area (Å²) in [4.78, 5) is 11.9. The van der Waals surface area contributed by atoms with Crippen LogP contribution in [0.15, 0.2) is 65.1 Å².